The highest BCUT2D eigenvalue weighted by atomic mass is 16.5. The maximum Gasteiger partial charge on any atom is 0.138 e. The number of aromatic nitrogens is 2. The summed E-state index contributed by atoms with van der Waals surface area (Å²) in [5, 5.41) is 6.94. The highest BCUT2D eigenvalue weighted by Crippen LogP contribution is 2.27. The molecule has 1 fully saturated rings. The monoisotopic (exact) mass is 292 g/mol. The van der Waals surface area contributed by atoms with Crippen LogP contribution in [0.5, 0.6) is 0 Å². The lowest BCUT2D eigenvalue weighted by Gasteiger charge is -2.22. The Morgan fingerprint density at radius 1 is 1.24 bits per heavy atom. The molecule has 118 valence electrons. The van der Waals surface area contributed by atoms with Gasteiger partial charge >= 0.3 is 0 Å². The highest BCUT2D eigenvalue weighted by Gasteiger charge is 2.23. The number of rotatable bonds is 5. The van der Waals surface area contributed by atoms with Crippen LogP contribution in [-0.4, -0.2) is 35.8 Å². The fourth-order valence-electron chi connectivity index (χ4n) is 2.25. The Balaban J connectivity index is 2.31. The van der Waals surface area contributed by atoms with Gasteiger partial charge in [-0.25, -0.2) is 9.97 Å². The molecule has 0 spiro atoms. The van der Waals surface area contributed by atoms with E-state index in [1.54, 1.807) is 0 Å². The molecular weight excluding hydrogens is 264 g/mol. The van der Waals surface area contributed by atoms with Crippen LogP contribution in [0.15, 0.2) is 0 Å². The Hall–Kier alpha value is -1.36. The van der Waals surface area contributed by atoms with E-state index < -0.39 is 0 Å². The van der Waals surface area contributed by atoms with E-state index >= 15 is 0 Å². The Morgan fingerprint density at radius 2 is 1.95 bits per heavy atom. The minimum atomic E-state index is -0.0705. The summed E-state index contributed by atoms with van der Waals surface area (Å²) in [4.78, 5) is 9.48. The van der Waals surface area contributed by atoms with Gasteiger partial charge < -0.3 is 15.4 Å². The first-order valence-corrected chi connectivity index (χ1v) is 7.89. The fourth-order valence-corrected chi connectivity index (χ4v) is 2.25. The topological polar surface area (TPSA) is 59.1 Å². The van der Waals surface area contributed by atoms with Crippen molar-refractivity contribution in [2.75, 3.05) is 30.4 Å². The first-order chi connectivity index (χ1) is 9.91. The van der Waals surface area contributed by atoms with Crippen molar-refractivity contribution in [1.29, 1.82) is 0 Å². The molecule has 1 saturated heterocycles. The Kier molecular flexibility index (Phi) is 5.04. The molecule has 1 unspecified atom stereocenters. The predicted molar refractivity (Wildman–Crippen MR) is 87.1 cm³/mol. The van der Waals surface area contributed by atoms with E-state index in [1.165, 1.54) is 0 Å². The van der Waals surface area contributed by atoms with Gasteiger partial charge in [-0.15, -0.1) is 0 Å². The van der Waals surface area contributed by atoms with Gasteiger partial charge in [0.1, 0.15) is 17.5 Å². The molecule has 1 aromatic rings. The smallest absolute Gasteiger partial charge is 0.138 e. The SMILES string of the molecule is CCCNc1nc(C(C)(C)C)nc(NC2CCOC2)c1C. The van der Waals surface area contributed by atoms with Crippen LogP contribution in [0, 0.1) is 6.92 Å². The van der Waals surface area contributed by atoms with Crippen molar-refractivity contribution >= 4 is 11.6 Å². The minimum Gasteiger partial charge on any atom is -0.379 e. The van der Waals surface area contributed by atoms with Crippen molar-refractivity contribution in [3.63, 3.8) is 0 Å². The maximum atomic E-state index is 5.44. The predicted octanol–water partition coefficient (Wildman–Crippen LogP) is 3.11. The minimum absolute atomic E-state index is 0.0705. The molecule has 5 nitrogen and oxygen atoms in total. The summed E-state index contributed by atoms with van der Waals surface area (Å²) < 4.78 is 5.44. The number of hydrogen-bond acceptors (Lipinski definition) is 5. The number of nitrogens with zero attached hydrogens (tertiary/aromatic N) is 2. The molecule has 0 aliphatic carbocycles. The average molecular weight is 292 g/mol. The van der Waals surface area contributed by atoms with Crippen LogP contribution in [0.2, 0.25) is 0 Å². The lowest BCUT2D eigenvalue weighted by Crippen LogP contribution is -2.24. The number of anilines is 2. The molecule has 1 aromatic heterocycles. The zero-order valence-electron chi connectivity index (χ0n) is 13.9. The molecule has 0 bridgehead atoms. The van der Waals surface area contributed by atoms with Crippen LogP contribution in [0.3, 0.4) is 0 Å². The van der Waals surface area contributed by atoms with Crippen LogP contribution in [0.25, 0.3) is 0 Å². The summed E-state index contributed by atoms with van der Waals surface area (Å²) in [5.41, 5.74) is 1.02. The summed E-state index contributed by atoms with van der Waals surface area (Å²) >= 11 is 0. The van der Waals surface area contributed by atoms with E-state index in [1.807, 2.05) is 0 Å². The van der Waals surface area contributed by atoms with Crippen LogP contribution >= 0.6 is 0 Å². The second-order valence-electron chi connectivity index (χ2n) is 6.75. The van der Waals surface area contributed by atoms with E-state index in [2.05, 4.69) is 45.3 Å². The molecule has 5 heteroatoms. The molecule has 0 saturated carbocycles. The van der Waals surface area contributed by atoms with Gasteiger partial charge in [0.15, 0.2) is 0 Å². The van der Waals surface area contributed by atoms with Crippen LogP contribution in [0.4, 0.5) is 11.6 Å². The molecule has 21 heavy (non-hydrogen) atoms. The van der Waals surface area contributed by atoms with Gasteiger partial charge in [0.05, 0.1) is 12.6 Å². The summed E-state index contributed by atoms with van der Waals surface area (Å²) in [6.07, 6.45) is 2.11. The molecule has 2 N–H and O–H groups in total. The number of nitrogens with one attached hydrogen (secondary N) is 2. The summed E-state index contributed by atoms with van der Waals surface area (Å²) in [7, 11) is 0. The van der Waals surface area contributed by atoms with Gasteiger partial charge in [0.25, 0.3) is 0 Å². The van der Waals surface area contributed by atoms with Gasteiger partial charge in [-0.3, -0.25) is 0 Å². The fraction of sp³-hybridized carbons (Fsp3) is 0.750. The third kappa shape index (κ3) is 4.06. The Morgan fingerprint density at radius 3 is 2.52 bits per heavy atom. The molecule has 0 radical (unpaired) electrons. The van der Waals surface area contributed by atoms with Crippen molar-refractivity contribution in [3.8, 4) is 0 Å². The van der Waals surface area contributed by atoms with Gasteiger partial charge in [-0.2, -0.15) is 0 Å². The zero-order valence-corrected chi connectivity index (χ0v) is 13.9. The molecule has 1 aliphatic heterocycles. The van der Waals surface area contributed by atoms with Gasteiger partial charge in [-0.05, 0) is 19.8 Å². The molecule has 1 atom stereocenters. The second-order valence-corrected chi connectivity index (χ2v) is 6.75. The average Bonchev–Trinajstić information content (AvgIpc) is 2.91. The lowest BCUT2D eigenvalue weighted by atomic mass is 9.95. The molecular formula is C16H28N4O. The highest BCUT2D eigenvalue weighted by molar-refractivity contribution is 5.58. The maximum absolute atomic E-state index is 5.44. The van der Waals surface area contributed by atoms with E-state index in [4.69, 9.17) is 14.7 Å². The lowest BCUT2D eigenvalue weighted by molar-refractivity contribution is 0.195. The standard InChI is InChI=1S/C16H28N4O/c1-6-8-17-13-11(2)14(18-12-7-9-21-10-12)20-15(19-13)16(3,4)5/h12H,6-10H2,1-5H3,(H2,17,18,19,20). The second kappa shape index (κ2) is 6.60. The van der Waals surface area contributed by atoms with Crippen molar-refractivity contribution in [1.82, 2.24) is 9.97 Å². The van der Waals surface area contributed by atoms with E-state index in [0.29, 0.717) is 6.04 Å². The molecule has 0 amide bonds. The van der Waals surface area contributed by atoms with Crippen molar-refractivity contribution in [2.45, 2.75) is 58.9 Å². The first-order valence-electron chi connectivity index (χ1n) is 7.89. The van der Waals surface area contributed by atoms with Gasteiger partial charge in [0, 0.05) is 24.1 Å². The first kappa shape index (κ1) is 16.0. The summed E-state index contributed by atoms with van der Waals surface area (Å²) in [6.45, 7) is 13.2. The third-order valence-corrected chi connectivity index (χ3v) is 3.63. The number of ether oxygens (including phenoxy) is 1. The van der Waals surface area contributed by atoms with Crippen LogP contribution in [-0.2, 0) is 10.2 Å². The van der Waals surface area contributed by atoms with E-state index in [9.17, 15) is 0 Å². The zero-order chi connectivity index (χ0) is 15.5. The quantitative estimate of drug-likeness (QED) is 0.873. The van der Waals surface area contributed by atoms with Crippen LogP contribution in [0.1, 0.15) is 51.9 Å². The van der Waals surface area contributed by atoms with Gasteiger partial charge in [-0.1, -0.05) is 27.7 Å². The largest absolute Gasteiger partial charge is 0.379 e. The normalized spacial score (nSPS) is 18.8. The summed E-state index contributed by atoms with van der Waals surface area (Å²) in [5.74, 6) is 2.75. The molecule has 2 rings (SSSR count). The van der Waals surface area contributed by atoms with Crippen molar-refractivity contribution in [2.24, 2.45) is 0 Å². The Labute approximate surface area is 127 Å². The van der Waals surface area contributed by atoms with Crippen LogP contribution < -0.4 is 10.6 Å². The third-order valence-electron chi connectivity index (χ3n) is 3.63. The van der Waals surface area contributed by atoms with E-state index in [0.717, 1.165) is 55.6 Å². The Bertz CT molecular complexity index is 476. The molecule has 0 aromatic carbocycles. The molecule has 1 aliphatic rings. The van der Waals surface area contributed by atoms with Gasteiger partial charge in [0.2, 0.25) is 0 Å². The van der Waals surface area contributed by atoms with Crippen molar-refractivity contribution in [3.05, 3.63) is 11.4 Å². The molecule has 2 heterocycles. The van der Waals surface area contributed by atoms with E-state index in [-0.39, 0.29) is 5.41 Å². The number of hydrogen-bond donors (Lipinski definition) is 2. The summed E-state index contributed by atoms with van der Waals surface area (Å²) in [6, 6.07) is 0.352. The van der Waals surface area contributed by atoms with Crippen molar-refractivity contribution < 1.29 is 4.74 Å².